The Bertz CT molecular complexity index is 1110. The van der Waals surface area contributed by atoms with Crippen LogP contribution in [0.1, 0.15) is 13.8 Å². The summed E-state index contributed by atoms with van der Waals surface area (Å²) in [5.41, 5.74) is 0.169. The maximum atomic E-state index is 11.9. The molecule has 3 aromatic rings. The van der Waals surface area contributed by atoms with Crippen LogP contribution < -0.4 is 16.2 Å². The lowest BCUT2D eigenvalue weighted by atomic mass is 10.3. The monoisotopic (exact) mass is 369 g/mol. The predicted molar refractivity (Wildman–Crippen MR) is 96.7 cm³/mol. The van der Waals surface area contributed by atoms with Crippen molar-refractivity contribution in [2.75, 3.05) is 10.6 Å². The number of anilines is 2. The number of phenols is 1. The van der Waals surface area contributed by atoms with Crippen molar-refractivity contribution in [2.24, 2.45) is 10.2 Å². The van der Waals surface area contributed by atoms with E-state index in [0.29, 0.717) is 5.69 Å². The number of amides is 2. The van der Waals surface area contributed by atoms with Crippen LogP contribution in [0.4, 0.5) is 23.0 Å². The van der Waals surface area contributed by atoms with E-state index in [1.54, 1.807) is 0 Å². The molecule has 0 aliphatic rings. The maximum absolute atomic E-state index is 11.9. The molecule has 0 radical (unpaired) electrons. The molecule has 0 saturated heterocycles. The maximum Gasteiger partial charge on any atom is 0.253 e. The SMILES string of the molecule is CC(=O)Nc1nn2c(NC(C)=O)cc(=O)[nH]c2c1N=Nc1ccc(O)cc1. The third-order valence-corrected chi connectivity index (χ3v) is 3.31. The number of hydrogen-bond donors (Lipinski definition) is 4. The van der Waals surface area contributed by atoms with Gasteiger partial charge in [0.15, 0.2) is 17.2 Å². The number of benzene rings is 1. The third kappa shape index (κ3) is 3.98. The number of phenolic OH excluding ortho intramolecular Hbond substituents is 1. The third-order valence-electron chi connectivity index (χ3n) is 3.31. The van der Waals surface area contributed by atoms with E-state index in [2.05, 4.69) is 30.9 Å². The fraction of sp³-hybridized carbons (Fsp3) is 0.125. The number of fused-ring (bicyclic) bond motifs is 1. The number of nitrogens with one attached hydrogen (secondary N) is 3. The molecule has 0 fully saturated rings. The number of hydrogen-bond acceptors (Lipinski definition) is 7. The van der Waals surface area contributed by atoms with Gasteiger partial charge in [0.05, 0.1) is 5.69 Å². The van der Waals surface area contributed by atoms with Crippen LogP contribution in [0.15, 0.2) is 45.4 Å². The highest BCUT2D eigenvalue weighted by Gasteiger charge is 2.18. The van der Waals surface area contributed by atoms with Crippen molar-refractivity contribution in [3.63, 3.8) is 0 Å². The molecule has 0 unspecified atom stereocenters. The second kappa shape index (κ2) is 7.07. The zero-order valence-electron chi connectivity index (χ0n) is 14.3. The first-order valence-electron chi connectivity index (χ1n) is 7.75. The van der Waals surface area contributed by atoms with Crippen molar-refractivity contribution >= 4 is 40.5 Å². The van der Waals surface area contributed by atoms with Gasteiger partial charge in [0, 0.05) is 19.9 Å². The van der Waals surface area contributed by atoms with Gasteiger partial charge in [-0.25, -0.2) is 0 Å². The smallest absolute Gasteiger partial charge is 0.253 e. The number of azo groups is 1. The molecule has 11 heteroatoms. The molecule has 0 atom stereocenters. The highest BCUT2D eigenvalue weighted by molar-refractivity contribution is 5.94. The molecule has 27 heavy (non-hydrogen) atoms. The summed E-state index contributed by atoms with van der Waals surface area (Å²) in [4.78, 5) is 37.4. The first-order valence-corrected chi connectivity index (χ1v) is 7.75. The van der Waals surface area contributed by atoms with Crippen LogP contribution in [0.2, 0.25) is 0 Å². The van der Waals surface area contributed by atoms with Crippen molar-refractivity contribution < 1.29 is 14.7 Å². The lowest BCUT2D eigenvalue weighted by Crippen LogP contribution is -2.16. The normalized spacial score (nSPS) is 11.0. The molecule has 4 N–H and O–H groups in total. The summed E-state index contributed by atoms with van der Waals surface area (Å²) in [6.45, 7) is 2.58. The van der Waals surface area contributed by atoms with E-state index < -0.39 is 17.4 Å². The van der Waals surface area contributed by atoms with E-state index >= 15 is 0 Å². The summed E-state index contributed by atoms with van der Waals surface area (Å²) in [6, 6.07) is 7.11. The van der Waals surface area contributed by atoms with Crippen molar-refractivity contribution in [1.82, 2.24) is 14.6 Å². The van der Waals surface area contributed by atoms with Gasteiger partial charge in [0.1, 0.15) is 11.6 Å². The van der Waals surface area contributed by atoms with Gasteiger partial charge in [-0.1, -0.05) is 0 Å². The summed E-state index contributed by atoms with van der Waals surface area (Å²) in [7, 11) is 0. The number of H-pyrrole nitrogens is 1. The summed E-state index contributed by atoms with van der Waals surface area (Å²) < 4.78 is 1.24. The number of aromatic amines is 1. The Morgan fingerprint density at radius 1 is 1.11 bits per heavy atom. The number of carbonyl (C=O) groups is 2. The van der Waals surface area contributed by atoms with Gasteiger partial charge >= 0.3 is 0 Å². The summed E-state index contributed by atoms with van der Waals surface area (Å²) >= 11 is 0. The van der Waals surface area contributed by atoms with Gasteiger partial charge in [-0.15, -0.1) is 10.2 Å². The second-order valence-electron chi connectivity index (χ2n) is 5.56. The molecule has 2 aromatic heterocycles. The molecule has 0 aliphatic carbocycles. The second-order valence-corrected chi connectivity index (χ2v) is 5.56. The number of aromatic hydroxyl groups is 1. The van der Waals surface area contributed by atoms with E-state index in [9.17, 15) is 19.5 Å². The van der Waals surface area contributed by atoms with E-state index in [1.165, 1.54) is 42.6 Å². The Labute approximate surface area is 151 Å². The molecule has 0 spiro atoms. The molecule has 2 amide bonds. The molecule has 2 heterocycles. The number of rotatable bonds is 4. The van der Waals surface area contributed by atoms with Crippen LogP contribution in [0, 0.1) is 0 Å². The van der Waals surface area contributed by atoms with Crippen LogP contribution in [-0.2, 0) is 9.59 Å². The van der Waals surface area contributed by atoms with Crippen molar-refractivity contribution in [3.05, 3.63) is 40.7 Å². The van der Waals surface area contributed by atoms with E-state index in [1.807, 2.05) is 0 Å². The van der Waals surface area contributed by atoms with Crippen molar-refractivity contribution in [2.45, 2.75) is 13.8 Å². The van der Waals surface area contributed by atoms with Crippen molar-refractivity contribution in [1.29, 1.82) is 0 Å². The Balaban J connectivity index is 2.17. The van der Waals surface area contributed by atoms with Crippen LogP contribution >= 0.6 is 0 Å². The predicted octanol–water partition coefficient (Wildman–Crippen LogP) is 2.06. The standard InChI is InChI=1S/C16H15N7O4/c1-8(24)17-12-7-13(27)19-16-14(15(18-9(2)25)22-23(12)16)21-20-10-3-5-11(26)6-4-10/h3-7,26H,1-2H3,(H,17,24)(H,19,27)(H,18,22,25). The molecule has 3 rings (SSSR count). The summed E-state index contributed by atoms with van der Waals surface area (Å²) in [5, 5.41) is 26.6. The minimum Gasteiger partial charge on any atom is -0.508 e. The van der Waals surface area contributed by atoms with E-state index in [0.717, 1.165) is 6.07 Å². The summed E-state index contributed by atoms with van der Waals surface area (Å²) in [6.07, 6.45) is 0. The molecule has 0 bridgehead atoms. The average Bonchev–Trinajstić information content (AvgIpc) is 2.90. The first kappa shape index (κ1) is 17.8. The Kier molecular flexibility index (Phi) is 4.66. The average molecular weight is 369 g/mol. The topological polar surface area (TPSA) is 153 Å². The highest BCUT2D eigenvalue weighted by Crippen LogP contribution is 2.31. The van der Waals surface area contributed by atoms with Gasteiger partial charge in [0.25, 0.3) is 5.56 Å². The fourth-order valence-electron chi connectivity index (χ4n) is 2.28. The molecule has 1 aromatic carbocycles. The molecule has 0 saturated carbocycles. The van der Waals surface area contributed by atoms with E-state index in [-0.39, 0.29) is 28.7 Å². The lowest BCUT2D eigenvalue weighted by Gasteiger charge is -2.03. The minimum absolute atomic E-state index is 0.0541. The fourth-order valence-corrected chi connectivity index (χ4v) is 2.28. The molecular formula is C16H15N7O4. The molecular weight excluding hydrogens is 354 g/mol. The lowest BCUT2D eigenvalue weighted by molar-refractivity contribution is -0.115. The van der Waals surface area contributed by atoms with Gasteiger partial charge in [-0.3, -0.25) is 14.4 Å². The van der Waals surface area contributed by atoms with Gasteiger partial charge in [0.2, 0.25) is 11.8 Å². The zero-order chi connectivity index (χ0) is 19.6. The Morgan fingerprint density at radius 2 is 1.78 bits per heavy atom. The van der Waals surface area contributed by atoms with Gasteiger partial charge in [-0.05, 0) is 24.3 Å². The van der Waals surface area contributed by atoms with Gasteiger partial charge in [-0.2, -0.15) is 9.63 Å². The van der Waals surface area contributed by atoms with E-state index in [4.69, 9.17) is 0 Å². The highest BCUT2D eigenvalue weighted by atomic mass is 16.3. The van der Waals surface area contributed by atoms with Crippen LogP contribution in [0.25, 0.3) is 5.65 Å². The molecule has 138 valence electrons. The Morgan fingerprint density at radius 3 is 2.41 bits per heavy atom. The summed E-state index contributed by atoms with van der Waals surface area (Å²) in [5.74, 6) is -0.556. The number of aromatic nitrogens is 3. The number of carbonyl (C=O) groups excluding carboxylic acids is 2. The zero-order valence-corrected chi connectivity index (χ0v) is 14.3. The van der Waals surface area contributed by atoms with Crippen LogP contribution in [0.3, 0.4) is 0 Å². The first-order chi connectivity index (χ1) is 12.8. The van der Waals surface area contributed by atoms with Gasteiger partial charge < -0.3 is 20.7 Å². The number of nitrogens with zero attached hydrogens (tertiary/aromatic N) is 4. The van der Waals surface area contributed by atoms with Crippen LogP contribution in [-0.4, -0.2) is 31.5 Å². The van der Waals surface area contributed by atoms with Crippen LogP contribution in [0.5, 0.6) is 5.75 Å². The Hall–Kier alpha value is -4.02. The molecule has 11 nitrogen and oxygen atoms in total. The quantitative estimate of drug-likeness (QED) is 0.518. The molecule has 0 aliphatic heterocycles. The minimum atomic E-state index is -0.499. The largest absolute Gasteiger partial charge is 0.508 e. The van der Waals surface area contributed by atoms with Crippen molar-refractivity contribution in [3.8, 4) is 5.75 Å².